The fourth-order valence-corrected chi connectivity index (χ4v) is 4.06. The molecule has 0 saturated heterocycles. The van der Waals surface area contributed by atoms with E-state index in [4.69, 9.17) is 4.98 Å². The van der Waals surface area contributed by atoms with Crippen LogP contribution in [0.25, 0.3) is 21.5 Å². The highest BCUT2D eigenvalue weighted by atomic mass is 32.1. The van der Waals surface area contributed by atoms with Gasteiger partial charge in [-0.3, -0.25) is 4.98 Å². The highest BCUT2D eigenvalue weighted by Crippen LogP contribution is 2.38. The van der Waals surface area contributed by atoms with Crippen molar-refractivity contribution in [3.8, 4) is 10.6 Å². The van der Waals surface area contributed by atoms with Gasteiger partial charge >= 0.3 is 0 Å². The second-order valence-electron chi connectivity index (χ2n) is 5.58. The van der Waals surface area contributed by atoms with Crippen molar-refractivity contribution in [1.82, 2.24) is 15.2 Å². The van der Waals surface area contributed by atoms with E-state index in [0.29, 0.717) is 0 Å². The Morgan fingerprint density at radius 3 is 2.91 bits per heavy atom. The second kappa shape index (κ2) is 5.65. The van der Waals surface area contributed by atoms with Crippen LogP contribution in [-0.2, 0) is 12.8 Å². The van der Waals surface area contributed by atoms with E-state index >= 15 is 0 Å². The first kappa shape index (κ1) is 13.6. The summed E-state index contributed by atoms with van der Waals surface area (Å²) in [5.41, 5.74) is 4.95. The topological polar surface area (TPSA) is 50.7 Å². The van der Waals surface area contributed by atoms with Gasteiger partial charge < -0.3 is 5.32 Å². The molecule has 1 N–H and O–H groups in total. The molecule has 0 aliphatic heterocycles. The van der Waals surface area contributed by atoms with Gasteiger partial charge in [0.2, 0.25) is 5.13 Å². The van der Waals surface area contributed by atoms with Gasteiger partial charge in [-0.2, -0.15) is 0 Å². The number of aryl methyl sites for hydroxylation is 1. The zero-order valence-corrected chi connectivity index (χ0v) is 13.4. The fourth-order valence-electron chi connectivity index (χ4n) is 3.16. The summed E-state index contributed by atoms with van der Waals surface area (Å²) < 4.78 is 0. The summed E-state index contributed by atoms with van der Waals surface area (Å²) in [5.74, 6) is 0. The third-order valence-electron chi connectivity index (χ3n) is 4.14. The number of fused-ring (bicyclic) bond motifs is 2. The van der Waals surface area contributed by atoms with Gasteiger partial charge in [0.25, 0.3) is 0 Å². The molecule has 0 radical (unpaired) electrons. The van der Waals surface area contributed by atoms with Crippen molar-refractivity contribution in [3.63, 3.8) is 0 Å². The van der Waals surface area contributed by atoms with E-state index in [1.54, 1.807) is 11.3 Å². The number of hydrogen-bond donors (Lipinski definition) is 1. The summed E-state index contributed by atoms with van der Waals surface area (Å²) in [6, 6.07) is 8.38. The molecule has 0 unspecified atom stereocenters. The van der Waals surface area contributed by atoms with Crippen LogP contribution in [0.15, 0.2) is 24.3 Å². The standard InChI is InChI=1S/C17H18N4S/c1-2-18-17-21-20-16(22-17)15-11-7-3-5-9-13(11)19-14-10-6-4-8-12(14)15/h3,5,7,9H,2,4,6,8,10H2,1H3,(H,18,21). The number of nitrogens with one attached hydrogen (secondary N) is 1. The maximum Gasteiger partial charge on any atom is 0.205 e. The van der Waals surface area contributed by atoms with Crippen molar-refractivity contribution in [2.45, 2.75) is 32.6 Å². The van der Waals surface area contributed by atoms with Gasteiger partial charge in [0.1, 0.15) is 0 Å². The normalized spacial score (nSPS) is 14.0. The number of anilines is 1. The molecule has 5 heteroatoms. The van der Waals surface area contributed by atoms with Crippen molar-refractivity contribution in [1.29, 1.82) is 0 Å². The first-order valence-corrected chi connectivity index (χ1v) is 8.66. The molecule has 0 bridgehead atoms. The molecule has 0 amide bonds. The maximum atomic E-state index is 4.89. The zero-order valence-electron chi connectivity index (χ0n) is 12.6. The lowest BCUT2D eigenvalue weighted by molar-refractivity contribution is 0.672. The minimum Gasteiger partial charge on any atom is -0.360 e. The molecule has 4 nitrogen and oxygen atoms in total. The Labute approximate surface area is 133 Å². The van der Waals surface area contributed by atoms with E-state index in [1.165, 1.54) is 35.0 Å². The van der Waals surface area contributed by atoms with Crippen molar-refractivity contribution >= 4 is 27.4 Å². The minimum atomic E-state index is 0.865. The van der Waals surface area contributed by atoms with Crippen LogP contribution < -0.4 is 5.32 Å². The van der Waals surface area contributed by atoms with Crippen molar-refractivity contribution in [3.05, 3.63) is 35.5 Å². The Hall–Kier alpha value is -2.01. The first-order chi connectivity index (χ1) is 10.9. The predicted octanol–water partition coefficient (Wildman–Crippen LogP) is 4.06. The number of nitrogens with zero attached hydrogens (tertiary/aromatic N) is 3. The van der Waals surface area contributed by atoms with Gasteiger partial charge in [-0.25, -0.2) is 0 Å². The first-order valence-electron chi connectivity index (χ1n) is 7.85. The van der Waals surface area contributed by atoms with E-state index in [2.05, 4.69) is 46.7 Å². The molecule has 2 aromatic heterocycles. The van der Waals surface area contributed by atoms with E-state index in [1.807, 2.05) is 0 Å². The smallest absolute Gasteiger partial charge is 0.205 e. The Kier molecular flexibility index (Phi) is 3.50. The lowest BCUT2D eigenvalue weighted by Crippen LogP contribution is -2.08. The molecular weight excluding hydrogens is 292 g/mol. The monoisotopic (exact) mass is 310 g/mol. The second-order valence-corrected chi connectivity index (χ2v) is 6.56. The van der Waals surface area contributed by atoms with Crippen LogP contribution in [0, 0.1) is 0 Å². The molecule has 112 valence electrons. The molecule has 0 atom stereocenters. The van der Waals surface area contributed by atoms with Crippen LogP contribution in [0.3, 0.4) is 0 Å². The Morgan fingerprint density at radius 2 is 2.00 bits per heavy atom. The molecule has 0 fully saturated rings. The van der Waals surface area contributed by atoms with Gasteiger partial charge in [0.05, 0.1) is 5.52 Å². The number of hydrogen-bond acceptors (Lipinski definition) is 5. The molecule has 1 aromatic carbocycles. The average Bonchev–Trinajstić information content (AvgIpc) is 3.01. The molecule has 1 aliphatic rings. The molecule has 4 rings (SSSR count). The largest absolute Gasteiger partial charge is 0.360 e. The van der Waals surface area contributed by atoms with Gasteiger partial charge in [-0.05, 0) is 44.2 Å². The SMILES string of the molecule is CCNc1nnc(-c2c3c(nc4ccccc24)CCCC3)s1. The van der Waals surface area contributed by atoms with Gasteiger partial charge in [-0.15, -0.1) is 10.2 Å². The molecule has 2 heterocycles. The van der Waals surface area contributed by atoms with Crippen LogP contribution >= 0.6 is 11.3 Å². The van der Waals surface area contributed by atoms with E-state index < -0.39 is 0 Å². The van der Waals surface area contributed by atoms with Gasteiger partial charge in [-0.1, -0.05) is 29.5 Å². The highest BCUT2D eigenvalue weighted by molar-refractivity contribution is 7.18. The molecular formula is C17H18N4S. The van der Waals surface area contributed by atoms with E-state index in [-0.39, 0.29) is 0 Å². The zero-order chi connectivity index (χ0) is 14.9. The van der Waals surface area contributed by atoms with Crippen LogP contribution in [0.1, 0.15) is 31.0 Å². The number of rotatable bonds is 3. The Morgan fingerprint density at radius 1 is 1.14 bits per heavy atom. The summed E-state index contributed by atoms with van der Waals surface area (Å²) in [6.45, 7) is 2.94. The quantitative estimate of drug-likeness (QED) is 0.792. The van der Waals surface area contributed by atoms with Crippen LogP contribution in [0.5, 0.6) is 0 Å². The summed E-state index contributed by atoms with van der Waals surface area (Å²) in [5, 5.41) is 15.1. The molecule has 22 heavy (non-hydrogen) atoms. The van der Waals surface area contributed by atoms with Crippen LogP contribution in [0.4, 0.5) is 5.13 Å². The molecule has 0 saturated carbocycles. The number of benzene rings is 1. The third-order valence-corrected chi connectivity index (χ3v) is 5.03. The summed E-state index contributed by atoms with van der Waals surface area (Å²) >= 11 is 1.64. The lowest BCUT2D eigenvalue weighted by Gasteiger charge is -2.19. The Balaban J connectivity index is 1.97. The van der Waals surface area contributed by atoms with Crippen LogP contribution in [-0.4, -0.2) is 21.7 Å². The molecule has 0 spiro atoms. The highest BCUT2D eigenvalue weighted by Gasteiger charge is 2.21. The molecule has 3 aromatic rings. The third kappa shape index (κ3) is 2.25. The predicted molar refractivity (Wildman–Crippen MR) is 91.5 cm³/mol. The number of para-hydroxylation sites is 1. The number of aromatic nitrogens is 3. The lowest BCUT2D eigenvalue weighted by atomic mass is 9.90. The van der Waals surface area contributed by atoms with E-state index in [9.17, 15) is 0 Å². The minimum absolute atomic E-state index is 0.865. The maximum absolute atomic E-state index is 4.89. The number of pyridine rings is 1. The van der Waals surface area contributed by atoms with Gasteiger partial charge in [0.15, 0.2) is 5.01 Å². The average molecular weight is 310 g/mol. The van der Waals surface area contributed by atoms with Gasteiger partial charge in [0, 0.05) is 23.2 Å². The summed E-state index contributed by atoms with van der Waals surface area (Å²) in [4.78, 5) is 4.89. The van der Waals surface area contributed by atoms with Crippen molar-refractivity contribution in [2.75, 3.05) is 11.9 Å². The van der Waals surface area contributed by atoms with Crippen LogP contribution in [0.2, 0.25) is 0 Å². The fraction of sp³-hybridized carbons (Fsp3) is 0.353. The summed E-state index contributed by atoms with van der Waals surface area (Å²) in [6.07, 6.45) is 4.64. The van der Waals surface area contributed by atoms with Crippen molar-refractivity contribution < 1.29 is 0 Å². The van der Waals surface area contributed by atoms with E-state index in [0.717, 1.165) is 35.0 Å². The summed E-state index contributed by atoms with van der Waals surface area (Å²) in [7, 11) is 0. The van der Waals surface area contributed by atoms with Crippen molar-refractivity contribution in [2.24, 2.45) is 0 Å². The molecule has 1 aliphatic carbocycles. The Bertz CT molecular complexity index is 825.